The molecule has 4 heteroatoms. The molecule has 1 heterocycles. The first-order valence-electron chi connectivity index (χ1n) is 8.63. The van der Waals surface area contributed by atoms with Crippen molar-refractivity contribution < 1.29 is 4.74 Å². The molecule has 0 amide bonds. The molecule has 0 N–H and O–H groups in total. The van der Waals surface area contributed by atoms with E-state index in [2.05, 4.69) is 60.2 Å². The number of benzene rings is 2. The van der Waals surface area contributed by atoms with Gasteiger partial charge in [0.25, 0.3) is 0 Å². The van der Waals surface area contributed by atoms with E-state index in [0.717, 1.165) is 37.5 Å². The van der Waals surface area contributed by atoms with Gasteiger partial charge in [0.2, 0.25) is 0 Å². The third kappa shape index (κ3) is 4.36. The Morgan fingerprint density at radius 1 is 1.00 bits per heavy atom. The third-order valence-electron chi connectivity index (χ3n) is 4.20. The number of hydrogen-bond donors (Lipinski definition) is 0. The Morgan fingerprint density at radius 3 is 2.25 bits per heavy atom. The van der Waals surface area contributed by atoms with Gasteiger partial charge in [-0.3, -0.25) is 5.01 Å². The molecule has 0 bridgehead atoms. The lowest BCUT2D eigenvalue weighted by atomic mass is 10.2. The number of nitrogens with zero attached hydrogens (tertiary/aromatic N) is 3. The molecule has 0 aliphatic carbocycles. The summed E-state index contributed by atoms with van der Waals surface area (Å²) in [6.45, 7) is 8.02. The first kappa shape index (κ1) is 16.5. The fourth-order valence-electron chi connectivity index (χ4n) is 2.68. The Morgan fingerprint density at radius 2 is 1.67 bits per heavy atom. The molecule has 0 radical (unpaired) electrons. The van der Waals surface area contributed by atoms with Crippen LogP contribution in [0.2, 0.25) is 0 Å². The standard InChI is InChI=1S/C20H25N3O/c1-3-22(4-2)18-12-10-17(11-13-18)14-21-23(15-20-16-24-20)19-8-6-5-7-9-19/h5-14,20H,3-4,15-16H2,1-2H3. The number of epoxide rings is 1. The molecule has 0 spiro atoms. The second-order valence-electron chi connectivity index (χ2n) is 5.88. The van der Waals surface area contributed by atoms with Crippen molar-refractivity contribution in [1.82, 2.24) is 0 Å². The number of anilines is 2. The molecule has 1 saturated heterocycles. The van der Waals surface area contributed by atoms with Gasteiger partial charge < -0.3 is 9.64 Å². The number of rotatable bonds is 8. The fourth-order valence-corrected chi connectivity index (χ4v) is 2.68. The zero-order chi connectivity index (χ0) is 16.8. The van der Waals surface area contributed by atoms with Gasteiger partial charge in [0.1, 0.15) is 6.10 Å². The molecule has 24 heavy (non-hydrogen) atoms. The van der Waals surface area contributed by atoms with Crippen LogP contribution in [0, 0.1) is 0 Å². The maximum atomic E-state index is 5.36. The zero-order valence-electron chi connectivity index (χ0n) is 14.4. The van der Waals surface area contributed by atoms with Crippen molar-refractivity contribution in [2.45, 2.75) is 20.0 Å². The highest BCUT2D eigenvalue weighted by molar-refractivity contribution is 5.81. The second-order valence-corrected chi connectivity index (χ2v) is 5.88. The van der Waals surface area contributed by atoms with Crippen molar-refractivity contribution >= 4 is 17.6 Å². The Balaban J connectivity index is 1.72. The number of hydrazone groups is 1. The average Bonchev–Trinajstić information content (AvgIpc) is 3.45. The van der Waals surface area contributed by atoms with E-state index in [-0.39, 0.29) is 0 Å². The van der Waals surface area contributed by atoms with Crippen LogP contribution in [0.3, 0.4) is 0 Å². The number of hydrogen-bond acceptors (Lipinski definition) is 4. The van der Waals surface area contributed by atoms with Gasteiger partial charge in [-0.1, -0.05) is 30.3 Å². The summed E-state index contributed by atoms with van der Waals surface area (Å²) >= 11 is 0. The van der Waals surface area contributed by atoms with Crippen LogP contribution in [-0.4, -0.2) is 38.6 Å². The van der Waals surface area contributed by atoms with E-state index in [9.17, 15) is 0 Å². The Bertz CT molecular complexity index is 646. The average molecular weight is 323 g/mol. The van der Waals surface area contributed by atoms with E-state index >= 15 is 0 Å². The normalized spacial score (nSPS) is 16.3. The summed E-state index contributed by atoms with van der Waals surface area (Å²) < 4.78 is 5.36. The smallest absolute Gasteiger partial charge is 0.101 e. The molecule has 126 valence electrons. The minimum absolute atomic E-state index is 0.299. The van der Waals surface area contributed by atoms with E-state index in [4.69, 9.17) is 4.74 Å². The largest absolute Gasteiger partial charge is 0.372 e. The van der Waals surface area contributed by atoms with Crippen LogP contribution in [0.5, 0.6) is 0 Å². The molecule has 4 nitrogen and oxygen atoms in total. The minimum atomic E-state index is 0.299. The van der Waals surface area contributed by atoms with Crippen molar-refractivity contribution in [3.8, 4) is 0 Å². The van der Waals surface area contributed by atoms with Gasteiger partial charge in [0.15, 0.2) is 0 Å². The third-order valence-corrected chi connectivity index (χ3v) is 4.20. The van der Waals surface area contributed by atoms with Crippen molar-refractivity contribution in [3.63, 3.8) is 0 Å². The fraction of sp³-hybridized carbons (Fsp3) is 0.350. The van der Waals surface area contributed by atoms with Crippen molar-refractivity contribution in [3.05, 3.63) is 60.2 Å². The molecule has 2 aromatic rings. The summed E-state index contributed by atoms with van der Waals surface area (Å²) in [7, 11) is 0. The van der Waals surface area contributed by atoms with Gasteiger partial charge in [-0.15, -0.1) is 0 Å². The van der Waals surface area contributed by atoms with Gasteiger partial charge in [0.05, 0.1) is 25.1 Å². The first-order valence-corrected chi connectivity index (χ1v) is 8.63. The predicted molar refractivity (Wildman–Crippen MR) is 101 cm³/mol. The monoisotopic (exact) mass is 323 g/mol. The van der Waals surface area contributed by atoms with Gasteiger partial charge in [-0.25, -0.2) is 0 Å². The summed E-state index contributed by atoms with van der Waals surface area (Å²) in [5.41, 5.74) is 3.44. The van der Waals surface area contributed by atoms with Gasteiger partial charge >= 0.3 is 0 Å². The molecule has 1 aliphatic rings. The van der Waals surface area contributed by atoms with Gasteiger partial charge in [0, 0.05) is 18.8 Å². The van der Waals surface area contributed by atoms with Crippen LogP contribution in [0.1, 0.15) is 19.4 Å². The maximum Gasteiger partial charge on any atom is 0.101 e. The number of para-hydroxylation sites is 1. The summed E-state index contributed by atoms with van der Waals surface area (Å²) in [6.07, 6.45) is 2.22. The summed E-state index contributed by atoms with van der Waals surface area (Å²) in [6, 6.07) is 18.8. The van der Waals surface area contributed by atoms with E-state index in [1.807, 2.05) is 29.4 Å². The van der Waals surface area contributed by atoms with Gasteiger partial charge in [-0.2, -0.15) is 5.10 Å². The second kappa shape index (κ2) is 7.97. The van der Waals surface area contributed by atoms with E-state index in [1.165, 1.54) is 5.69 Å². The molecular formula is C20H25N3O. The SMILES string of the molecule is CCN(CC)c1ccc(C=NN(CC2CO2)c2ccccc2)cc1. The van der Waals surface area contributed by atoms with Crippen molar-refractivity contribution in [2.75, 3.05) is 36.1 Å². The van der Waals surface area contributed by atoms with E-state index in [0.29, 0.717) is 6.10 Å². The lowest BCUT2D eigenvalue weighted by molar-refractivity contribution is 0.408. The lowest BCUT2D eigenvalue weighted by Crippen LogP contribution is -2.22. The molecular weight excluding hydrogens is 298 g/mol. The quantitative estimate of drug-likeness (QED) is 0.421. The molecule has 1 fully saturated rings. The lowest BCUT2D eigenvalue weighted by Gasteiger charge is -2.21. The first-order chi connectivity index (χ1) is 11.8. The predicted octanol–water partition coefficient (Wildman–Crippen LogP) is 3.77. The number of ether oxygens (including phenoxy) is 1. The topological polar surface area (TPSA) is 31.4 Å². The van der Waals surface area contributed by atoms with Gasteiger partial charge in [-0.05, 0) is 43.7 Å². The highest BCUT2D eigenvalue weighted by Crippen LogP contribution is 2.19. The minimum Gasteiger partial charge on any atom is -0.372 e. The van der Waals surface area contributed by atoms with Crippen LogP contribution >= 0.6 is 0 Å². The summed E-state index contributed by atoms with van der Waals surface area (Å²) in [5.74, 6) is 0. The zero-order valence-corrected chi connectivity index (χ0v) is 14.4. The van der Waals surface area contributed by atoms with Crippen LogP contribution in [0.4, 0.5) is 11.4 Å². The van der Waals surface area contributed by atoms with E-state index < -0.39 is 0 Å². The molecule has 1 unspecified atom stereocenters. The molecule has 1 aliphatic heterocycles. The molecule has 0 aromatic heterocycles. The van der Waals surface area contributed by atoms with Crippen molar-refractivity contribution in [2.24, 2.45) is 5.10 Å². The highest BCUT2D eigenvalue weighted by Gasteiger charge is 2.25. The Hall–Kier alpha value is -2.33. The van der Waals surface area contributed by atoms with Crippen LogP contribution in [0.15, 0.2) is 59.7 Å². The maximum absolute atomic E-state index is 5.36. The van der Waals surface area contributed by atoms with Crippen LogP contribution in [0.25, 0.3) is 0 Å². The van der Waals surface area contributed by atoms with Crippen molar-refractivity contribution in [1.29, 1.82) is 0 Å². The molecule has 3 rings (SSSR count). The molecule has 1 atom stereocenters. The highest BCUT2D eigenvalue weighted by atomic mass is 16.6. The van der Waals surface area contributed by atoms with Crippen LogP contribution in [-0.2, 0) is 4.74 Å². The van der Waals surface area contributed by atoms with Crippen LogP contribution < -0.4 is 9.91 Å². The Kier molecular flexibility index (Phi) is 5.49. The molecule has 0 saturated carbocycles. The van der Waals surface area contributed by atoms with E-state index in [1.54, 1.807) is 0 Å². The summed E-state index contributed by atoms with van der Waals surface area (Å²) in [5, 5.41) is 6.68. The summed E-state index contributed by atoms with van der Waals surface area (Å²) in [4.78, 5) is 2.33. The molecule has 2 aromatic carbocycles. The Labute approximate surface area is 144 Å².